The van der Waals surface area contributed by atoms with Gasteiger partial charge in [0.2, 0.25) is 0 Å². The second-order valence-electron chi connectivity index (χ2n) is 13.4. The van der Waals surface area contributed by atoms with Crippen molar-refractivity contribution in [2.45, 2.75) is 91.6 Å². The third kappa shape index (κ3) is 5.42. The predicted molar refractivity (Wildman–Crippen MR) is 159 cm³/mol. The number of aromatic nitrogens is 1. The molecule has 1 heterocycles. The number of ketones is 1. The number of allylic oxidation sites excluding steroid dienone is 4. The van der Waals surface area contributed by atoms with Gasteiger partial charge in [-0.3, -0.25) is 9.78 Å². The number of aryl methyl sites for hydroxylation is 1. The Hall–Kier alpha value is -2.96. The molecule has 4 aliphatic carbocycles. The molecule has 5 unspecified atom stereocenters. The molecule has 1 aromatic carbocycles. The van der Waals surface area contributed by atoms with E-state index in [-0.39, 0.29) is 22.7 Å². The molecule has 2 saturated carbocycles. The zero-order chi connectivity index (χ0) is 27.9. The Labute approximate surface area is 234 Å². The fourth-order valence-electron chi connectivity index (χ4n) is 7.48. The fraction of sp³-hybridized carbons (Fsp3) is 0.500. The number of rotatable bonds is 2. The van der Waals surface area contributed by atoms with E-state index < -0.39 is 0 Å². The van der Waals surface area contributed by atoms with Crippen LogP contribution < -0.4 is 0 Å². The van der Waals surface area contributed by atoms with Crippen molar-refractivity contribution in [3.05, 3.63) is 76.6 Å². The van der Waals surface area contributed by atoms with Crippen LogP contribution in [0.15, 0.2) is 65.4 Å². The topological polar surface area (TPSA) is 50.2 Å². The maximum atomic E-state index is 12.2. The van der Waals surface area contributed by atoms with Crippen molar-refractivity contribution in [1.29, 1.82) is 0 Å². The number of carbonyl (C=O) groups is 1. The highest BCUT2D eigenvalue weighted by atomic mass is 16.3. The molecule has 6 rings (SSSR count). The lowest BCUT2D eigenvalue weighted by Gasteiger charge is -2.52. The van der Waals surface area contributed by atoms with E-state index in [9.17, 15) is 9.90 Å². The smallest absolute Gasteiger partial charge is 0.156 e. The Bertz CT molecular complexity index is 1330. The zero-order valence-electron chi connectivity index (χ0n) is 24.3. The zero-order valence-corrected chi connectivity index (χ0v) is 24.3. The predicted octanol–water partition coefficient (Wildman–Crippen LogP) is 7.98. The van der Waals surface area contributed by atoms with Crippen LogP contribution >= 0.6 is 0 Å². The highest BCUT2D eigenvalue weighted by Gasteiger charge is 2.56. The van der Waals surface area contributed by atoms with Gasteiger partial charge in [0.25, 0.3) is 0 Å². The maximum Gasteiger partial charge on any atom is 0.156 e. The molecule has 2 aromatic rings. The van der Waals surface area contributed by atoms with Crippen molar-refractivity contribution in [3.8, 4) is 23.5 Å². The van der Waals surface area contributed by atoms with Crippen molar-refractivity contribution < 1.29 is 9.90 Å². The molecule has 1 N–H and O–H groups in total. The summed E-state index contributed by atoms with van der Waals surface area (Å²) in [7, 11) is 0. The molecule has 39 heavy (non-hydrogen) atoms. The summed E-state index contributed by atoms with van der Waals surface area (Å²) >= 11 is 0. The molecule has 0 amide bonds. The molecule has 3 heteroatoms. The minimum Gasteiger partial charge on any atom is -0.393 e. The summed E-state index contributed by atoms with van der Waals surface area (Å²) in [6.07, 6.45) is 15.5. The van der Waals surface area contributed by atoms with Gasteiger partial charge in [0.1, 0.15) is 0 Å². The third-order valence-corrected chi connectivity index (χ3v) is 9.67. The van der Waals surface area contributed by atoms with Crippen LogP contribution in [0.25, 0.3) is 11.1 Å². The van der Waals surface area contributed by atoms with Crippen molar-refractivity contribution in [2.75, 3.05) is 0 Å². The summed E-state index contributed by atoms with van der Waals surface area (Å²) in [4.78, 5) is 16.6. The SMILES string of the molecule is C#CC(C)(C)C.Cc1ccc(-c2ccc(C3CC4(C)C(O)CCC4C4CCC5=CC(=O)CCC5=C34)cc2)cn1. The number of fused-ring (bicyclic) bond motifs is 4. The molecule has 0 spiro atoms. The number of hydrogen-bond acceptors (Lipinski definition) is 3. The van der Waals surface area contributed by atoms with Gasteiger partial charge in [-0.2, -0.15) is 0 Å². The molecule has 3 nitrogen and oxygen atoms in total. The van der Waals surface area contributed by atoms with E-state index in [1.54, 1.807) is 5.57 Å². The van der Waals surface area contributed by atoms with E-state index >= 15 is 0 Å². The van der Waals surface area contributed by atoms with Gasteiger partial charge in [-0.25, -0.2) is 0 Å². The number of terminal acetylenes is 1. The average Bonchev–Trinajstić information content (AvgIpc) is 3.22. The van der Waals surface area contributed by atoms with Crippen molar-refractivity contribution in [1.82, 2.24) is 4.98 Å². The van der Waals surface area contributed by atoms with Gasteiger partial charge < -0.3 is 5.11 Å². The Balaban J connectivity index is 0.000000465. The van der Waals surface area contributed by atoms with Gasteiger partial charge in [0.05, 0.1) is 6.10 Å². The Kier molecular flexibility index (Phi) is 7.47. The first kappa shape index (κ1) is 27.6. The first-order valence-corrected chi connectivity index (χ1v) is 14.7. The molecular weight excluding hydrogens is 478 g/mol. The number of nitrogens with zero attached hydrogens (tertiary/aromatic N) is 1. The minimum atomic E-state index is -0.209. The van der Waals surface area contributed by atoms with Crippen LogP contribution in [0.5, 0.6) is 0 Å². The largest absolute Gasteiger partial charge is 0.393 e. The Morgan fingerprint density at radius 2 is 1.69 bits per heavy atom. The number of carbonyl (C=O) groups excluding carboxylic acids is 1. The second kappa shape index (κ2) is 10.5. The summed E-state index contributed by atoms with van der Waals surface area (Å²) in [6, 6.07) is 13.2. The number of benzene rings is 1. The van der Waals surface area contributed by atoms with Crippen LogP contribution in [0.3, 0.4) is 0 Å². The van der Waals surface area contributed by atoms with Gasteiger partial charge >= 0.3 is 0 Å². The van der Waals surface area contributed by atoms with E-state index in [2.05, 4.69) is 54.2 Å². The van der Waals surface area contributed by atoms with Crippen LogP contribution in [0, 0.1) is 41.9 Å². The Morgan fingerprint density at radius 3 is 2.33 bits per heavy atom. The first-order valence-electron chi connectivity index (χ1n) is 14.7. The Morgan fingerprint density at radius 1 is 1.00 bits per heavy atom. The average molecular weight is 522 g/mol. The highest BCUT2D eigenvalue weighted by molar-refractivity contribution is 5.93. The van der Waals surface area contributed by atoms with Gasteiger partial charge in [0, 0.05) is 35.2 Å². The number of pyridine rings is 1. The molecule has 0 saturated heterocycles. The van der Waals surface area contributed by atoms with Crippen LogP contribution in [-0.4, -0.2) is 22.0 Å². The quantitative estimate of drug-likeness (QED) is 0.408. The van der Waals surface area contributed by atoms with Crippen LogP contribution in [-0.2, 0) is 4.79 Å². The number of aliphatic hydroxyl groups is 1. The minimum absolute atomic E-state index is 0.0232. The molecular formula is C36H43NO2. The van der Waals surface area contributed by atoms with Crippen LogP contribution in [0.4, 0.5) is 0 Å². The van der Waals surface area contributed by atoms with E-state index in [1.165, 1.54) is 22.3 Å². The monoisotopic (exact) mass is 521 g/mol. The number of aliphatic hydroxyl groups excluding tert-OH is 1. The van der Waals surface area contributed by atoms with Gasteiger partial charge in [-0.1, -0.05) is 42.8 Å². The number of hydrogen-bond donors (Lipinski definition) is 1. The van der Waals surface area contributed by atoms with Gasteiger partial charge in [0.15, 0.2) is 5.78 Å². The van der Waals surface area contributed by atoms with E-state index in [0.29, 0.717) is 24.2 Å². The van der Waals surface area contributed by atoms with Gasteiger partial charge in [-0.15, -0.1) is 12.3 Å². The maximum absolute atomic E-state index is 12.2. The first-order chi connectivity index (χ1) is 18.5. The summed E-state index contributed by atoms with van der Waals surface area (Å²) in [6.45, 7) is 10.4. The lowest BCUT2D eigenvalue weighted by atomic mass is 9.53. The van der Waals surface area contributed by atoms with Crippen molar-refractivity contribution >= 4 is 5.78 Å². The normalized spacial score (nSPS) is 29.8. The molecule has 4 aliphatic rings. The molecule has 0 radical (unpaired) electrons. The van der Waals surface area contributed by atoms with E-state index in [0.717, 1.165) is 49.8 Å². The molecule has 0 bridgehead atoms. The molecule has 5 atom stereocenters. The summed E-state index contributed by atoms with van der Waals surface area (Å²) in [5.74, 6) is 4.31. The fourth-order valence-corrected chi connectivity index (χ4v) is 7.48. The van der Waals surface area contributed by atoms with E-state index in [1.807, 2.05) is 40.0 Å². The summed E-state index contributed by atoms with van der Waals surface area (Å²) in [5, 5.41) is 11.0. The van der Waals surface area contributed by atoms with E-state index in [4.69, 9.17) is 6.42 Å². The summed E-state index contributed by atoms with van der Waals surface area (Å²) < 4.78 is 0. The second-order valence-corrected chi connectivity index (χ2v) is 13.4. The van der Waals surface area contributed by atoms with Crippen molar-refractivity contribution in [2.24, 2.45) is 22.7 Å². The third-order valence-electron chi connectivity index (χ3n) is 9.67. The molecule has 204 valence electrons. The standard InChI is InChI=1S/C30H33NO2.C6H10/c1-18-3-4-22(17-31-18)19-5-7-20(8-6-19)26-16-30(2)27(13-14-28(30)33)25-11-9-21-15-23(32)10-12-24(21)29(25)26;1-5-6(2,3)4/h3-8,15,17,25-28,33H,9-14,16H2,1-2H3;1H,2-4H3. The van der Waals surface area contributed by atoms with Crippen LogP contribution in [0.1, 0.15) is 89.8 Å². The molecule has 1 aromatic heterocycles. The molecule has 2 fully saturated rings. The summed E-state index contributed by atoms with van der Waals surface area (Å²) in [5.41, 5.74) is 9.13. The van der Waals surface area contributed by atoms with Crippen molar-refractivity contribution in [3.63, 3.8) is 0 Å². The van der Waals surface area contributed by atoms with Crippen LogP contribution in [0.2, 0.25) is 0 Å². The lowest BCUT2D eigenvalue weighted by molar-refractivity contribution is -0.114. The highest BCUT2D eigenvalue weighted by Crippen LogP contribution is 2.63. The lowest BCUT2D eigenvalue weighted by Crippen LogP contribution is -2.45. The molecule has 0 aliphatic heterocycles. The van der Waals surface area contributed by atoms with Gasteiger partial charge in [-0.05, 0) is 118 Å².